The summed E-state index contributed by atoms with van der Waals surface area (Å²) in [5, 5.41) is 3.85. The highest BCUT2D eigenvalue weighted by Gasteiger charge is 2.29. The van der Waals surface area contributed by atoms with Gasteiger partial charge in [0.25, 0.3) is 0 Å². The van der Waals surface area contributed by atoms with E-state index in [1.54, 1.807) is 0 Å². The van der Waals surface area contributed by atoms with Crippen molar-refractivity contribution in [3.8, 4) is 0 Å². The average Bonchev–Trinajstić information content (AvgIpc) is 2.34. The molecule has 2 aliphatic rings. The molecule has 1 N–H and O–H groups in total. The molecule has 0 aromatic rings. The summed E-state index contributed by atoms with van der Waals surface area (Å²) in [6.45, 7) is 8.45. The number of piperidine rings is 2. The Bertz CT molecular complexity index is 256. The molecule has 3 heteroatoms. The highest BCUT2D eigenvalue weighted by Crippen LogP contribution is 2.21. The Morgan fingerprint density at radius 2 is 1.89 bits per heavy atom. The molecule has 0 radical (unpaired) electrons. The van der Waals surface area contributed by atoms with Gasteiger partial charge in [-0.25, -0.2) is 0 Å². The van der Waals surface area contributed by atoms with Crippen LogP contribution in [0.3, 0.4) is 0 Å². The number of nitrogens with zero attached hydrogens (tertiary/aromatic N) is 2. The third-order valence-electron chi connectivity index (χ3n) is 5.15. The fourth-order valence-electron chi connectivity index (χ4n) is 3.52. The molecule has 4 unspecified atom stereocenters. The molecule has 0 aromatic carbocycles. The minimum atomic E-state index is 0.714. The van der Waals surface area contributed by atoms with Crippen LogP contribution < -0.4 is 5.32 Å². The highest BCUT2D eigenvalue weighted by atomic mass is 15.2. The Labute approximate surface area is 113 Å². The van der Waals surface area contributed by atoms with Gasteiger partial charge in [-0.3, -0.25) is 0 Å². The van der Waals surface area contributed by atoms with E-state index in [9.17, 15) is 0 Å². The molecule has 0 amide bonds. The normalized spacial score (nSPS) is 40.0. The third kappa shape index (κ3) is 3.46. The number of rotatable bonds is 3. The minimum absolute atomic E-state index is 0.714. The molecule has 0 spiro atoms. The zero-order valence-electron chi connectivity index (χ0n) is 12.7. The van der Waals surface area contributed by atoms with Crippen molar-refractivity contribution >= 4 is 0 Å². The summed E-state index contributed by atoms with van der Waals surface area (Å²) in [5.74, 6) is 0.778. The van der Waals surface area contributed by atoms with E-state index in [4.69, 9.17) is 0 Å². The molecule has 0 aromatic heterocycles. The summed E-state index contributed by atoms with van der Waals surface area (Å²) in [7, 11) is 4.54. The SMILES string of the molecule is CC1CN(C)C(C)CC1NCC1CCCCN1C. The Kier molecular flexibility index (Phi) is 5.05. The van der Waals surface area contributed by atoms with E-state index in [0.29, 0.717) is 6.04 Å². The largest absolute Gasteiger partial charge is 0.312 e. The van der Waals surface area contributed by atoms with E-state index in [1.165, 1.54) is 45.3 Å². The van der Waals surface area contributed by atoms with Crippen molar-refractivity contribution in [2.45, 2.75) is 57.7 Å². The smallest absolute Gasteiger partial charge is 0.0217 e. The van der Waals surface area contributed by atoms with Gasteiger partial charge >= 0.3 is 0 Å². The first-order chi connectivity index (χ1) is 8.58. The van der Waals surface area contributed by atoms with Crippen molar-refractivity contribution in [2.24, 2.45) is 5.92 Å². The van der Waals surface area contributed by atoms with E-state index < -0.39 is 0 Å². The minimum Gasteiger partial charge on any atom is -0.312 e. The number of likely N-dealkylation sites (tertiary alicyclic amines) is 2. The molecule has 106 valence electrons. The second-order valence-corrected chi connectivity index (χ2v) is 6.65. The van der Waals surface area contributed by atoms with Crippen LogP contribution in [0.25, 0.3) is 0 Å². The lowest BCUT2D eigenvalue weighted by atomic mass is 9.89. The topological polar surface area (TPSA) is 18.5 Å². The van der Waals surface area contributed by atoms with E-state index >= 15 is 0 Å². The summed E-state index contributed by atoms with van der Waals surface area (Å²) < 4.78 is 0. The Hall–Kier alpha value is -0.120. The maximum atomic E-state index is 3.85. The molecule has 0 bridgehead atoms. The van der Waals surface area contributed by atoms with Gasteiger partial charge in [-0.2, -0.15) is 0 Å². The molecule has 3 nitrogen and oxygen atoms in total. The molecular weight excluding hydrogens is 222 g/mol. The van der Waals surface area contributed by atoms with Crippen molar-refractivity contribution in [1.29, 1.82) is 0 Å². The Morgan fingerprint density at radius 3 is 2.61 bits per heavy atom. The molecule has 2 saturated heterocycles. The molecule has 4 atom stereocenters. The first kappa shape index (κ1) is 14.3. The van der Waals surface area contributed by atoms with Crippen LogP contribution in [0.1, 0.15) is 39.5 Å². The van der Waals surface area contributed by atoms with E-state index in [1.807, 2.05) is 0 Å². The zero-order valence-corrected chi connectivity index (χ0v) is 12.7. The average molecular weight is 253 g/mol. The standard InChI is InChI=1S/C15H31N3/c1-12-11-18(4)13(2)9-15(12)16-10-14-7-5-6-8-17(14)3/h12-16H,5-11H2,1-4H3. The predicted molar refractivity (Wildman–Crippen MR) is 77.9 cm³/mol. The van der Waals surface area contributed by atoms with Gasteiger partial charge in [0.1, 0.15) is 0 Å². The summed E-state index contributed by atoms with van der Waals surface area (Å²) in [4.78, 5) is 5.04. The molecule has 2 aliphatic heterocycles. The van der Waals surface area contributed by atoms with E-state index in [0.717, 1.165) is 18.0 Å². The third-order valence-corrected chi connectivity index (χ3v) is 5.15. The van der Waals surface area contributed by atoms with E-state index in [2.05, 4.69) is 43.1 Å². The van der Waals surface area contributed by atoms with Crippen molar-refractivity contribution in [3.63, 3.8) is 0 Å². The molecule has 0 aliphatic carbocycles. The molecule has 2 fully saturated rings. The number of likely N-dealkylation sites (N-methyl/N-ethyl adjacent to an activating group) is 1. The van der Waals surface area contributed by atoms with Crippen LogP contribution >= 0.6 is 0 Å². The number of hydrogen-bond acceptors (Lipinski definition) is 3. The van der Waals surface area contributed by atoms with Crippen LogP contribution in [0.5, 0.6) is 0 Å². The maximum Gasteiger partial charge on any atom is 0.0217 e. The Morgan fingerprint density at radius 1 is 1.11 bits per heavy atom. The van der Waals surface area contributed by atoms with Crippen LogP contribution in [0, 0.1) is 5.92 Å². The van der Waals surface area contributed by atoms with Crippen molar-refractivity contribution in [3.05, 3.63) is 0 Å². The lowest BCUT2D eigenvalue weighted by molar-refractivity contribution is 0.110. The quantitative estimate of drug-likeness (QED) is 0.827. The van der Waals surface area contributed by atoms with Crippen LogP contribution in [-0.4, -0.2) is 61.7 Å². The van der Waals surface area contributed by atoms with Crippen LogP contribution in [0.4, 0.5) is 0 Å². The van der Waals surface area contributed by atoms with Gasteiger partial charge in [0.2, 0.25) is 0 Å². The maximum absolute atomic E-state index is 3.85. The lowest BCUT2D eigenvalue weighted by Gasteiger charge is -2.41. The first-order valence-electron chi connectivity index (χ1n) is 7.71. The summed E-state index contributed by atoms with van der Waals surface area (Å²) in [6.07, 6.45) is 5.47. The molecule has 2 heterocycles. The second kappa shape index (κ2) is 6.36. The van der Waals surface area contributed by atoms with Crippen molar-refractivity contribution in [2.75, 3.05) is 33.7 Å². The van der Waals surface area contributed by atoms with Gasteiger partial charge in [0.05, 0.1) is 0 Å². The number of hydrogen-bond donors (Lipinski definition) is 1. The van der Waals surface area contributed by atoms with Crippen LogP contribution in [0.2, 0.25) is 0 Å². The van der Waals surface area contributed by atoms with Gasteiger partial charge in [-0.1, -0.05) is 13.3 Å². The van der Waals surface area contributed by atoms with Crippen LogP contribution in [0.15, 0.2) is 0 Å². The Balaban J connectivity index is 1.78. The predicted octanol–water partition coefficient (Wildman–Crippen LogP) is 1.79. The van der Waals surface area contributed by atoms with Gasteiger partial charge < -0.3 is 15.1 Å². The summed E-state index contributed by atoms with van der Waals surface area (Å²) in [5.41, 5.74) is 0. The molecule has 18 heavy (non-hydrogen) atoms. The second-order valence-electron chi connectivity index (χ2n) is 6.65. The fourth-order valence-corrected chi connectivity index (χ4v) is 3.52. The molecular formula is C15H31N3. The van der Waals surface area contributed by atoms with Gasteiger partial charge in [-0.15, -0.1) is 0 Å². The van der Waals surface area contributed by atoms with Gasteiger partial charge in [-0.05, 0) is 52.7 Å². The lowest BCUT2D eigenvalue weighted by Crippen LogP contribution is -2.53. The summed E-state index contributed by atoms with van der Waals surface area (Å²) >= 11 is 0. The van der Waals surface area contributed by atoms with Gasteiger partial charge in [0, 0.05) is 31.2 Å². The molecule has 0 saturated carbocycles. The van der Waals surface area contributed by atoms with Gasteiger partial charge in [0.15, 0.2) is 0 Å². The first-order valence-corrected chi connectivity index (χ1v) is 7.71. The van der Waals surface area contributed by atoms with Crippen molar-refractivity contribution in [1.82, 2.24) is 15.1 Å². The molecule has 2 rings (SSSR count). The summed E-state index contributed by atoms with van der Waals surface area (Å²) in [6, 6.07) is 2.20. The monoisotopic (exact) mass is 253 g/mol. The highest BCUT2D eigenvalue weighted by molar-refractivity contribution is 4.87. The van der Waals surface area contributed by atoms with Crippen molar-refractivity contribution < 1.29 is 0 Å². The fraction of sp³-hybridized carbons (Fsp3) is 1.00. The zero-order chi connectivity index (χ0) is 13.1. The van der Waals surface area contributed by atoms with Crippen LogP contribution in [-0.2, 0) is 0 Å². The number of nitrogens with one attached hydrogen (secondary N) is 1. The van der Waals surface area contributed by atoms with E-state index in [-0.39, 0.29) is 0 Å².